The summed E-state index contributed by atoms with van der Waals surface area (Å²) in [5, 5.41) is 0. The Morgan fingerprint density at radius 3 is 2.17 bits per heavy atom. The first-order chi connectivity index (χ1) is 19.6. The number of ketones is 1. The molecule has 0 aliphatic carbocycles. The van der Waals surface area contributed by atoms with Crippen molar-refractivity contribution in [2.75, 3.05) is 40.5 Å². The van der Waals surface area contributed by atoms with E-state index in [0.29, 0.717) is 35.1 Å². The van der Waals surface area contributed by atoms with Crippen LogP contribution in [0, 0.1) is 0 Å². The number of carbonyl (C=O) groups excluding carboxylic acids is 1. The molecule has 40 heavy (non-hydrogen) atoms. The van der Waals surface area contributed by atoms with E-state index in [1.807, 2.05) is 71.3 Å². The van der Waals surface area contributed by atoms with Gasteiger partial charge in [-0.3, -0.25) is 4.79 Å². The molecule has 4 rings (SSSR count). The van der Waals surface area contributed by atoms with E-state index in [-0.39, 0.29) is 5.78 Å². The quantitative estimate of drug-likeness (QED) is 0.108. The highest BCUT2D eigenvalue weighted by atomic mass is 16.5. The van der Waals surface area contributed by atoms with Crippen molar-refractivity contribution in [2.45, 2.75) is 46.0 Å². The molecule has 2 aromatic carbocycles. The van der Waals surface area contributed by atoms with Crippen molar-refractivity contribution in [3.63, 3.8) is 0 Å². The van der Waals surface area contributed by atoms with E-state index in [4.69, 9.17) is 14.2 Å². The molecule has 0 N–H and O–H groups in total. The van der Waals surface area contributed by atoms with Gasteiger partial charge in [-0.25, -0.2) is 0 Å². The SMILES string of the molecule is CCCCN(CCCC)CCCOc1ccc(C(=O)c2c(-c3ccccc3)c(OC)c3ccccn23)cc1OC. The summed E-state index contributed by atoms with van der Waals surface area (Å²) in [5.41, 5.74) is 3.61. The van der Waals surface area contributed by atoms with Crippen molar-refractivity contribution in [3.8, 4) is 28.4 Å². The molecule has 4 aromatic rings. The molecule has 212 valence electrons. The molecule has 2 heterocycles. The highest BCUT2D eigenvalue weighted by Crippen LogP contribution is 2.41. The summed E-state index contributed by atoms with van der Waals surface area (Å²) in [7, 11) is 3.25. The number of ether oxygens (including phenoxy) is 3. The Bertz CT molecular complexity index is 1370. The lowest BCUT2D eigenvalue weighted by Crippen LogP contribution is -2.28. The van der Waals surface area contributed by atoms with Crippen LogP contribution in [0.4, 0.5) is 0 Å². The summed E-state index contributed by atoms with van der Waals surface area (Å²) in [6, 6.07) is 21.1. The van der Waals surface area contributed by atoms with Gasteiger partial charge in [-0.1, -0.05) is 63.1 Å². The molecule has 0 aliphatic rings. The maximum absolute atomic E-state index is 14.1. The summed E-state index contributed by atoms with van der Waals surface area (Å²) in [6.45, 7) is 8.36. The molecule has 0 radical (unpaired) electrons. The van der Waals surface area contributed by atoms with Crippen LogP contribution < -0.4 is 14.2 Å². The molecule has 0 amide bonds. The summed E-state index contributed by atoms with van der Waals surface area (Å²) in [4.78, 5) is 16.6. The van der Waals surface area contributed by atoms with Gasteiger partial charge in [-0.05, 0) is 68.2 Å². The predicted octanol–water partition coefficient (Wildman–Crippen LogP) is 7.53. The number of rotatable bonds is 16. The second kappa shape index (κ2) is 14.6. The Labute approximate surface area is 238 Å². The normalized spacial score (nSPS) is 11.2. The maximum Gasteiger partial charge on any atom is 0.210 e. The Hall–Kier alpha value is -3.77. The summed E-state index contributed by atoms with van der Waals surface area (Å²) in [5.74, 6) is 1.76. The molecule has 0 aliphatic heterocycles. The number of hydrogen-bond donors (Lipinski definition) is 0. The lowest BCUT2D eigenvalue weighted by molar-refractivity contribution is 0.103. The minimum absolute atomic E-state index is 0.115. The van der Waals surface area contributed by atoms with Crippen LogP contribution >= 0.6 is 0 Å². The van der Waals surface area contributed by atoms with Gasteiger partial charge in [-0.15, -0.1) is 0 Å². The minimum atomic E-state index is -0.115. The number of fused-ring (bicyclic) bond motifs is 1. The van der Waals surface area contributed by atoms with Crippen LogP contribution in [0.5, 0.6) is 17.2 Å². The van der Waals surface area contributed by atoms with Crippen molar-refractivity contribution >= 4 is 11.3 Å². The lowest BCUT2D eigenvalue weighted by Gasteiger charge is -2.22. The number of aromatic nitrogens is 1. The van der Waals surface area contributed by atoms with Crippen molar-refractivity contribution in [2.24, 2.45) is 0 Å². The Morgan fingerprint density at radius 2 is 1.50 bits per heavy atom. The largest absolute Gasteiger partial charge is 0.494 e. The van der Waals surface area contributed by atoms with Gasteiger partial charge in [0.2, 0.25) is 5.78 Å². The fourth-order valence-corrected chi connectivity index (χ4v) is 5.12. The summed E-state index contributed by atoms with van der Waals surface area (Å²) < 4.78 is 19.5. The molecule has 0 saturated carbocycles. The van der Waals surface area contributed by atoms with E-state index >= 15 is 0 Å². The number of hydrogen-bond acceptors (Lipinski definition) is 5. The summed E-state index contributed by atoms with van der Waals surface area (Å²) in [6.07, 6.45) is 7.70. The fourth-order valence-electron chi connectivity index (χ4n) is 5.12. The first-order valence-corrected chi connectivity index (χ1v) is 14.4. The first kappa shape index (κ1) is 29.2. The number of nitrogens with zero attached hydrogens (tertiary/aromatic N) is 2. The van der Waals surface area contributed by atoms with Crippen molar-refractivity contribution in [1.82, 2.24) is 9.30 Å². The Balaban J connectivity index is 1.56. The molecule has 2 aromatic heterocycles. The van der Waals surface area contributed by atoms with Crippen LogP contribution in [0.1, 0.15) is 62.0 Å². The smallest absolute Gasteiger partial charge is 0.210 e. The maximum atomic E-state index is 14.1. The monoisotopic (exact) mass is 542 g/mol. The zero-order valence-corrected chi connectivity index (χ0v) is 24.3. The van der Waals surface area contributed by atoms with Crippen LogP contribution in [0.25, 0.3) is 16.6 Å². The molecule has 0 spiro atoms. The van der Waals surface area contributed by atoms with Crippen LogP contribution in [-0.2, 0) is 0 Å². The topological polar surface area (TPSA) is 52.4 Å². The number of methoxy groups -OCH3 is 2. The third-order valence-electron chi connectivity index (χ3n) is 7.24. The van der Waals surface area contributed by atoms with Gasteiger partial charge < -0.3 is 23.5 Å². The van der Waals surface area contributed by atoms with E-state index in [1.54, 1.807) is 20.3 Å². The van der Waals surface area contributed by atoms with Crippen LogP contribution in [0.3, 0.4) is 0 Å². The third kappa shape index (κ3) is 6.68. The molecule has 0 fully saturated rings. The van der Waals surface area contributed by atoms with Gasteiger partial charge in [0.05, 0.1) is 31.9 Å². The van der Waals surface area contributed by atoms with Crippen LogP contribution in [-0.4, -0.2) is 55.5 Å². The fraction of sp³-hybridized carbons (Fsp3) is 0.382. The van der Waals surface area contributed by atoms with E-state index < -0.39 is 0 Å². The molecule has 6 nitrogen and oxygen atoms in total. The Kier molecular flexibility index (Phi) is 10.6. The summed E-state index contributed by atoms with van der Waals surface area (Å²) >= 11 is 0. The van der Waals surface area contributed by atoms with Gasteiger partial charge >= 0.3 is 0 Å². The second-order valence-electron chi connectivity index (χ2n) is 10.0. The van der Waals surface area contributed by atoms with Gasteiger partial charge in [0.15, 0.2) is 17.2 Å². The standard InChI is InChI=1S/C34H42N2O4/c1-5-7-20-35(21-8-6-2)22-14-24-40-29-19-18-27(25-30(29)38-3)33(37)32-31(26-15-10-9-11-16-26)34(39-4)28-17-12-13-23-36(28)32/h9-13,15-19,23,25H,5-8,14,20-22,24H2,1-4H3. The minimum Gasteiger partial charge on any atom is -0.494 e. The van der Waals surface area contributed by atoms with E-state index in [0.717, 1.165) is 42.7 Å². The zero-order chi connectivity index (χ0) is 28.3. The van der Waals surface area contributed by atoms with Gasteiger partial charge in [-0.2, -0.15) is 0 Å². The predicted molar refractivity (Wildman–Crippen MR) is 162 cm³/mol. The molecule has 0 saturated heterocycles. The van der Waals surface area contributed by atoms with Gasteiger partial charge in [0, 0.05) is 18.3 Å². The molecule has 0 atom stereocenters. The van der Waals surface area contributed by atoms with Crippen molar-refractivity contribution in [1.29, 1.82) is 0 Å². The lowest BCUT2D eigenvalue weighted by atomic mass is 9.99. The first-order valence-electron chi connectivity index (χ1n) is 14.4. The van der Waals surface area contributed by atoms with Crippen LogP contribution in [0.15, 0.2) is 72.9 Å². The zero-order valence-electron chi connectivity index (χ0n) is 24.3. The average Bonchev–Trinajstić information content (AvgIpc) is 3.34. The second-order valence-corrected chi connectivity index (χ2v) is 10.0. The third-order valence-corrected chi connectivity index (χ3v) is 7.24. The highest BCUT2D eigenvalue weighted by Gasteiger charge is 2.26. The van der Waals surface area contributed by atoms with Crippen molar-refractivity contribution < 1.29 is 19.0 Å². The van der Waals surface area contributed by atoms with Crippen LogP contribution in [0.2, 0.25) is 0 Å². The number of unbranched alkanes of at least 4 members (excludes halogenated alkanes) is 2. The van der Waals surface area contributed by atoms with E-state index in [1.165, 1.54) is 25.7 Å². The highest BCUT2D eigenvalue weighted by molar-refractivity contribution is 6.14. The number of carbonyl (C=O) groups is 1. The number of pyridine rings is 1. The molecule has 0 unspecified atom stereocenters. The van der Waals surface area contributed by atoms with E-state index in [9.17, 15) is 4.79 Å². The number of benzene rings is 2. The molecular weight excluding hydrogens is 500 g/mol. The van der Waals surface area contributed by atoms with Gasteiger partial charge in [0.25, 0.3) is 0 Å². The average molecular weight is 543 g/mol. The molecule has 0 bridgehead atoms. The molecule has 6 heteroatoms. The van der Waals surface area contributed by atoms with Gasteiger partial charge in [0.1, 0.15) is 5.69 Å². The molecular formula is C34H42N2O4. The van der Waals surface area contributed by atoms with Crippen molar-refractivity contribution in [3.05, 3.63) is 84.2 Å². The van der Waals surface area contributed by atoms with E-state index in [2.05, 4.69) is 18.7 Å². The Morgan fingerprint density at radius 1 is 0.800 bits per heavy atom.